The Kier molecular flexibility index (Phi) is 5.25. The number of nitrogens with two attached hydrogens (primary N) is 1. The van der Waals surface area contributed by atoms with Crippen LogP contribution in [0.15, 0.2) is 46.4 Å². The first-order chi connectivity index (χ1) is 11.9. The van der Waals surface area contributed by atoms with Crippen molar-refractivity contribution in [2.45, 2.75) is 20.3 Å². The molecule has 0 unspecified atom stereocenters. The van der Waals surface area contributed by atoms with Crippen molar-refractivity contribution in [3.63, 3.8) is 0 Å². The molecule has 0 aromatic heterocycles. The molecule has 0 spiro atoms. The van der Waals surface area contributed by atoms with Crippen molar-refractivity contribution in [1.29, 1.82) is 0 Å². The normalized spacial score (nSPS) is 13.6. The first-order valence-corrected chi connectivity index (χ1v) is 9.22. The summed E-state index contributed by atoms with van der Waals surface area (Å²) in [4.78, 5) is 20.7. The van der Waals surface area contributed by atoms with E-state index in [0.717, 1.165) is 33.3 Å². The molecule has 0 atom stereocenters. The number of primary amides is 1. The van der Waals surface area contributed by atoms with E-state index in [-0.39, 0.29) is 11.7 Å². The van der Waals surface area contributed by atoms with E-state index in [0.29, 0.717) is 11.4 Å². The van der Waals surface area contributed by atoms with Crippen molar-refractivity contribution < 1.29 is 4.79 Å². The molecule has 2 aromatic rings. The topological polar surface area (TPSA) is 67.8 Å². The van der Waals surface area contributed by atoms with Gasteiger partial charge in [0, 0.05) is 11.4 Å². The van der Waals surface area contributed by atoms with E-state index in [1.807, 2.05) is 36.4 Å². The summed E-state index contributed by atoms with van der Waals surface area (Å²) in [5.41, 5.74) is 11.2. The zero-order valence-corrected chi connectivity index (χ0v) is 15.6. The number of amides is 1. The molecule has 0 saturated carbocycles. The number of carbonyl (C=O) groups excluding carboxylic acids is 1. The first kappa shape index (κ1) is 17.7. The number of carbonyl (C=O) groups is 1. The second-order valence-electron chi connectivity index (χ2n) is 5.93. The zero-order chi connectivity index (χ0) is 18.0. The van der Waals surface area contributed by atoms with Crippen LogP contribution in [0, 0.1) is 13.8 Å². The van der Waals surface area contributed by atoms with Gasteiger partial charge in [-0.2, -0.15) is 0 Å². The van der Waals surface area contributed by atoms with E-state index in [1.54, 1.807) is 0 Å². The maximum Gasteiger partial charge on any atom is 0.227 e. The number of thioether (sulfide) groups is 1. The molecule has 25 heavy (non-hydrogen) atoms. The molecule has 0 fully saturated rings. The molecule has 2 aromatic carbocycles. The highest BCUT2D eigenvalue weighted by atomic mass is 35.5. The predicted octanol–water partition coefficient (Wildman–Crippen LogP) is 4.73. The van der Waals surface area contributed by atoms with E-state index in [2.05, 4.69) is 13.8 Å². The smallest absolute Gasteiger partial charge is 0.227 e. The quantitative estimate of drug-likeness (QED) is 0.847. The fourth-order valence-corrected chi connectivity index (χ4v) is 3.35. The van der Waals surface area contributed by atoms with Gasteiger partial charge < -0.3 is 5.73 Å². The van der Waals surface area contributed by atoms with Crippen molar-refractivity contribution in [3.8, 4) is 0 Å². The van der Waals surface area contributed by atoms with Crippen LogP contribution in [0.2, 0.25) is 5.02 Å². The predicted molar refractivity (Wildman–Crippen MR) is 107 cm³/mol. The molecule has 6 heteroatoms. The number of benzene rings is 2. The lowest BCUT2D eigenvalue weighted by Crippen LogP contribution is -2.15. The molecule has 1 aliphatic rings. The van der Waals surface area contributed by atoms with Gasteiger partial charge in [0.1, 0.15) is 0 Å². The van der Waals surface area contributed by atoms with Crippen LogP contribution >= 0.6 is 23.4 Å². The van der Waals surface area contributed by atoms with Crippen molar-refractivity contribution in [1.82, 2.24) is 0 Å². The fourth-order valence-electron chi connectivity index (χ4n) is 2.51. The zero-order valence-electron chi connectivity index (χ0n) is 14.0. The number of nitrogens with zero attached hydrogens (tertiary/aromatic N) is 2. The third-order valence-electron chi connectivity index (χ3n) is 3.97. The van der Waals surface area contributed by atoms with Gasteiger partial charge in [-0.25, -0.2) is 4.99 Å². The second kappa shape index (κ2) is 7.42. The van der Waals surface area contributed by atoms with Gasteiger partial charge in [-0.1, -0.05) is 23.7 Å². The summed E-state index contributed by atoms with van der Waals surface area (Å²) in [7, 11) is 0. The van der Waals surface area contributed by atoms with E-state index in [4.69, 9.17) is 27.3 Å². The average Bonchev–Trinajstić information content (AvgIpc) is 2.73. The summed E-state index contributed by atoms with van der Waals surface area (Å²) in [6.45, 7) is 4.11. The molecule has 1 aliphatic heterocycles. The molecular formula is C19H18ClN3OS. The van der Waals surface area contributed by atoms with Crippen molar-refractivity contribution in [2.24, 2.45) is 15.7 Å². The lowest BCUT2D eigenvalue weighted by atomic mass is 10.1. The van der Waals surface area contributed by atoms with E-state index < -0.39 is 0 Å². The van der Waals surface area contributed by atoms with E-state index >= 15 is 0 Å². The molecule has 128 valence electrons. The molecule has 0 aliphatic carbocycles. The van der Waals surface area contributed by atoms with Crippen LogP contribution in [0.3, 0.4) is 0 Å². The largest absolute Gasteiger partial charge is 0.369 e. The van der Waals surface area contributed by atoms with Crippen LogP contribution in [0.5, 0.6) is 0 Å². The number of hydrogen-bond acceptors (Lipinski definition) is 4. The lowest BCUT2D eigenvalue weighted by molar-refractivity contribution is -0.115. The minimum Gasteiger partial charge on any atom is -0.369 e. The third kappa shape index (κ3) is 4.30. The van der Waals surface area contributed by atoms with Crippen LogP contribution < -0.4 is 5.73 Å². The Morgan fingerprint density at radius 1 is 1.12 bits per heavy atom. The van der Waals surface area contributed by atoms with Gasteiger partial charge in [0.05, 0.1) is 27.9 Å². The van der Waals surface area contributed by atoms with Gasteiger partial charge in [0.25, 0.3) is 0 Å². The van der Waals surface area contributed by atoms with Gasteiger partial charge in [-0.3, -0.25) is 9.79 Å². The highest BCUT2D eigenvalue weighted by Crippen LogP contribution is 2.36. The maximum absolute atomic E-state index is 11.2. The second-order valence-corrected chi connectivity index (χ2v) is 7.41. The number of aryl methyl sites for hydroxylation is 2. The van der Waals surface area contributed by atoms with E-state index in [9.17, 15) is 4.79 Å². The highest BCUT2D eigenvalue weighted by molar-refractivity contribution is 8.14. The number of halogens is 1. The Morgan fingerprint density at radius 3 is 2.32 bits per heavy atom. The summed E-state index contributed by atoms with van der Waals surface area (Å²) < 4.78 is 0. The summed E-state index contributed by atoms with van der Waals surface area (Å²) in [6, 6.07) is 11.7. The summed E-state index contributed by atoms with van der Waals surface area (Å²) in [5, 5.41) is 1.51. The standard InChI is InChI=1S/C19H18ClN3OS/c1-11-7-16-17(8-12(11)2)23-19(25-10-18(21)24)9-15(22-16)13-3-5-14(20)6-4-13/h3-8H,9-10H2,1-2H3,(H2,21,24). The molecule has 2 N–H and O–H groups in total. The Balaban J connectivity index is 2.07. The van der Waals surface area contributed by atoms with Crippen LogP contribution in [-0.2, 0) is 4.79 Å². The van der Waals surface area contributed by atoms with E-state index in [1.165, 1.54) is 17.3 Å². The average molecular weight is 372 g/mol. The Labute approximate surface area is 156 Å². The molecule has 0 bridgehead atoms. The Bertz CT molecular complexity index is 888. The van der Waals surface area contributed by atoms with Crippen LogP contribution in [0.1, 0.15) is 23.1 Å². The SMILES string of the molecule is Cc1cc2c(cc1C)N=C(c1ccc(Cl)cc1)CC(SCC(N)=O)=N2. The number of fused-ring (bicyclic) bond motifs is 1. The summed E-state index contributed by atoms with van der Waals surface area (Å²) in [5.74, 6) is -0.158. The number of hydrogen-bond donors (Lipinski definition) is 1. The maximum atomic E-state index is 11.2. The molecular weight excluding hydrogens is 354 g/mol. The Hall–Kier alpha value is -2.11. The first-order valence-electron chi connectivity index (χ1n) is 7.86. The van der Waals surface area contributed by atoms with Crippen molar-refractivity contribution in [2.75, 3.05) is 5.75 Å². The number of aliphatic imine (C=N–C) groups is 2. The van der Waals surface area contributed by atoms with Gasteiger partial charge in [0.2, 0.25) is 5.91 Å². The van der Waals surface area contributed by atoms with Crippen LogP contribution in [0.25, 0.3) is 0 Å². The molecule has 4 nitrogen and oxygen atoms in total. The fraction of sp³-hybridized carbons (Fsp3) is 0.211. The lowest BCUT2D eigenvalue weighted by Gasteiger charge is -2.07. The number of rotatable bonds is 3. The molecule has 1 heterocycles. The summed E-state index contributed by atoms with van der Waals surface area (Å²) >= 11 is 7.36. The molecule has 0 saturated heterocycles. The highest BCUT2D eigenvalue weighted by Gasteiger charge is 2.17. The van der Waals surface area contributed by atoms with Crippen molar-refractivity contribution >= 4 is 51.4 Å². The van der Waals surface area contributed by atoms with Gasteiger partial charge in [0.15, 0.2) is 0 Å². The van der Waals surface area contributed by atoms with Gasteiger partial charge in [-0.05, 0) is 54.8 Å². The monoisotopic (exact) mass is 371 g/mol. The molecule has 0 radical (unpaired) electrons. The van der Waals surface area contributed by atoms with Crippen LogP contribution in [0.4, 0.5) is 11.4 Å². The molecule has 3 rings (SSSR count). The summed E-state index contributed by atoms with van der Waals surface area (Å²) in [6.07, 6.45) is 0.548. The van der Waals surface area contributed by atoms with Crippen molar-refractivity contribution in [3.05, 3.63) is 58.1 Å². The Morgan fingerprint density at radius 2 is 1.72 bits per heavy atom. The van der Waals surface area contributed by atoms with Gasteiger partial charge in [-0.15, -0.1) is 11.8 Å². The minimum absolute atomic E-state index is 0.201. The minimum atomic E-state index is -0.359. The van der Waals surface area contributed by atoms with Gasteiger partial charge >= 0.3 is 0 Å². The molecule has 1 amide bonds. The van der Waals surface area contributed by atoms with Crippen LogP contribution in [-0.4, -0.2) is 22.4 Å². The third-order valence-corrected chi connectivity index (χ3v) is 5.22.